The van der Waals surface area contributed by atoms with Crippen molar-refractivity contribution in [3.8, 4) is 0 Å². The van der Waals surface area contributed by atoms with Crippen LogP contribution in [0.2, 0.25) is 0 Å². The largest absolute Gasteiger partial charge is 0.289 e. The summed E-state index contributed by atoms with van der Waals surface area (Å²) in [5.74, 6) is 0.674. The Morgan fingerprint density at radius 3 is 2.75 bits per heavy atom. The monoisotopic (exact) mass is 267 g/mol. The first-order valence-corrected chi connectivity index (χ1v) is 6.20. The van der Waals surface area contributed by atoms with Gasteiger partial charge in [0.15, 0.2) is 0 Å². The number of amides is 1. The maximum Gasteiger partial charge on any atom is 0.258 e. The molecule has 2 N–H and O–H groups in total. The molecule has 0 radical (unpaired) electrons. The van der Waals surface area contributed by atoms with Crippen molar-refractivity contribution in [1.82, 2.24) is 20.2 Å². The van der Waals surface area contributed by atoms with Crippen LogP contribution in [0.1, 0.15) is 21.9 Å². The van der Waals surface area contributed by atoms with Gasteiger partial charge in [0.05, 0.1) is 11.1 Å². The van der Waals surface area contributed by atoms with Gasteiger partial charge in [-0.2, -0.15) is 4.98 Å². The summed E-state index contributed by atoms with van der Waals surface area (Å²) in [7, 11) is 0. The molecule has 0 aliphatic carbocycles. The van der Waals surface area contributed by atoms with Gasteiger partial charge < -0.3 is 0 Å². The minimum Gasteiger partial charge on any atom is -0.289 e. The van der Waals surface area contributed by atoms with Gasteiger partial charge in [-0.25, -0.2) is 0 Å². The summed E-state index contributed by atoms with van der Waals surface area (Å²) < 4.78 is 0. The standard InChI is InChI=1S/C14H13N5O/c1-8-7-11(10-5-3-4-6-12(10)15-8)13(20)17-14-16-9(2)18-19-14/h3-7H,1-2H3,(H2,16,17,18,19,20). The zero-order valence-electron chi connectivity index (χ0n) is 11.1. The number of anilines is 1. The molecule has 0 unspecified atom stereocenters. The Balaban J connectivity index is 2.02. The van der Waals surface area contributed by atoms with Crippen molar-refractivity contribution in [2.24, 2.45) is 0 Å². The van der Waals surface area contributed by atoms with E-state index in [1.807, 2.05) is 31.2 Å². The van der Waals surface area contributed by atoms with Gasteiger partial charge in [0, 0.05) is 11.1 Å². The normalized spacial score (nSPS) is 10.7. The Morgan fingerprint density at radius 1 is 1.20 bits per heavy atom. The molecule has 1 aromatic carbocycles. The Morgan fingerprint density at radius 2 is 2.00 bits per heavy atom. The first-order chi connectivity index (χ1) is 9.63. The molecule has 2 heterocycles. The average Bonchev–Trinajstić information content (AvgIpc) is 2.83. The number of hydrogen-bond acceptors (Lipinski definition) is 4. The van der Waals surface area contributed by atoms with Gasteiger partial charge in [-0.1, -0.05) is 18.2 Å². The summed E-state index contributed by atoms with van der Waals surface area (Å²) in [5, 5.41) is 10.1. The number of nitrogens with one attached hydrogen (secondary N) is 2. The van der Waals surface area contributed by atoms with Gasteiger partial charge in [-0.3, -0.25) is 20.2 Å². The van der Waals surface area contributed by atoms with Crippen LogP contribution >= 0.6 is 0 Å². The number of H-pyrrole nitrogens is 1. The van der Waals surface area contributed by atoms with E-state index < -0.39 is 0 Å². The van der Waals surface area contributed by atoms with Gasteiger partial charge in [0.25, 0.3) is 5.91 Å². The molecule has 3 rings (SSSR count). The highest BCUT2D eigenvalue weighted by molar-refractivity contribution is 6.11. The first kappa shape index (κ1) is 12.3. The Bertz CT molecular complexity index is 793. The van der Waals surface area contributed by atoms with E-state index in [1.165, 1.54) is 0 Å². The number of aromatic nitrogens is 4. The van der Waals surface area contributed by atoms with Crippen LogP contribution in [0.4, 0.5) is 5.95 Å². The van der Waals surface area contributed by atoms with E-state index in [9.17, 15) is 4.79 Å². The molecule has 0 spiro atoms. The molecule has 2 aromatic heterocycles. The molecule has 0 saturated heterocycles. The van der Waals surface area contributed by atoms with E-state index >= 15 is 0 Å². The molecule has 0 aliphatic rings. The highest BCUT2D eigenvalue weighted by atomic mass is 16.1. The smallest absolute Gasteiger partial charge is 0.258 e. The number of aromatic amines is 1. The van der Waals surface area contributed by atoms with Crippen LogP contribution < -0.4 is 5.32 Å². The van der Waals surface area contributed by atoms with E-state index in [0.717, 1.165) is 16.6 Å². The molecule has 0 fully saturated rings. The highest BCUT2D eigenvalue weighted by Crippen LogP contribution is 2.19. The van der Waals surface area contributed by atoms with Crippen LogP contribution in [0.25, 0.3) is 10.9 Å². The predicted molar refractivity (Wildman–Crippen MR) is 75.6 cm³/mol. The van der Waals surface area contributed by atoms with Crippen molar-refractivity contribution in [3.05, 3.63) is 47.4 Å². The molecule has 6 heteroatoms. The van der Waals surface area contributed by atoms with Gasteiger partial charge in [-0.05, 0) is 26.0 Å². The molecule has 6 nitrogen and oxygen atoms in total. The quantitative estimate of drug-likeness (QED) is 0.745. The van der Waals surface area contributed by atoms with Crippen LogP contribution in [-0.4, -0.2) is 26.1 Å². The van der Waals surface area contributed by atoms with Crippen molar-refractivity contribution in [2.75, 3.05) is 5.32 Å². The minimum atomic E-state index is -0.245. The lowest BCUT2D eigenvalue weighted by atomic mass is 10.1. The SMILES string of the molecule is Cc1cc(C(=O)Nc2n[nH]c(C)n2)c2ccccc2n1. The number of nitrogens with zero attached hydrogens (tertiary/aromatic N) is 3. The third-order valence-corrected chi connectivity index (χ3v) is 2.91. The van der Waals surface area contributed by atoms with Crippen molar-refractivity contribution in [1.29, 1.82) is 0 Å². The topological polar surface area (TPSA) is 83.6 Å². The molecule has 0 atom stereocenters. The number of rotatable bonds is 2. The van der Waals surface area contributed by atoms with Crippen molar-refractivity contribution < 1.29 is 4.79 Å². The Labute approximate surface area is 115 Å². The van der Waals surface area contributed by atoms with Crippen LogP contribution in [0.5, 0.6) is 0 Å². The lowest BCUT2D eigenvalue weighted by molar-refractivity contribution is 0.102. The van der Waals surface area contributed by atoms with E-state index in [2.05, 4.69) is 25.5 Å². The van der Waals surface area contributed by atoms with Crippen LogP contribution in [-0.2, 0) is 0 Å². The zero-order valence-corrected chi connectivity index (χ0v) is 11.1. The van der Waals surface area contributed by atoms with Gasteiger partial charge in [-0.15, -0.1) is 5.10 Å². The van der Waals surface area contributed by atoms with Crippen LogP contribution in [0, 0.1) is 13.8 Å². The molecule has 1 amide bonds. The Hall–Kier alpha value is -2.76. The van der Waals surface area contributed by atoms with Crippen LogP contribution in [0.15, 0.2) is 30.3 Å². The summed E-state index contributed by atoms with van der Waals surface area (Å²) in [6, 6.07) is 9.30. The van der Waals surface area contributed by atoms with E-state index in [-0.39, 0.29) is 11.9 Å². The summed E-state index contributed by atoms with van der Waals surface area (Å²) in [4.78, 5) is 20.8. The highest BCUT2D eigenvalue weighted by Gasteiger charge is 2.13. The summed E-state index contributed by atoms with van der Waals surface area (Å²) in [6.07, 6.45) is 0. The van der Waals surface area contributed by atoms with Crippen molar-refractivity contribution in [3.63, 3.8) is 0 Å². The molecule has 0 bridgehead atoms. The summed E-state index contributed by atoms with van der Waals surface area (Å²) in [6.45, 7) is 3.63. The number of aryl methyl sites for hydroxylation is 2. The maximum atomic E-state index is 12.4. The molecule has 0 aliphatic heterocycles. The van der Waals surface area contributed by atoms with Gasteiger partial charge in [0.2, 0.25) is 5.95 Å². The van der Waals surface area contributed by atoms with Gasteiger partial charge in [0.1, 0.15) is 5.82 Å². The lowest BCUT2D eigenvalue weighted by Crippen LogP contribution is -2.14. The van der Waals surface area contributed by atoms with Crippen LogP contribution in [0.3, 0.4) is 0 Å². The summed E-state index contributed by atoms with van der Waals surface area (Å²) >= 11 is 0. The summed E-state index contributed by atoms with van der Waals surface area (Å²) in [5.41, 5.74) is 2.15. The number of hydrogen-bond donors (Lipinski definition) is 2. The molecular formula is C14H13N5O. The fourth-order valence-electron chi connectivity index (χ4n) is 2.06. The predicted octanol–water partition coefficient (Wildman–Crippen LogP) is 2.22. The number of carbonyl (C=O) groups excluding carboxylic acids is 1. The number of fused-ring (bicyclic) bond motifs is 1. The van der Waals surface area contributed by atoms with Crippen molar-refractivity contribution in [2.45, 2.75) is 13.8 Å². The fourth-order valence-corrected chi connectivity index (χ4v) is 2.06. The van der Waals surface area contributed by atoms with Crippen molar-refractivity contribution >= 4 is 22.8 Å². The lowest BCUT2D eigenvalue weighted by Gasteiger charge is -2.06. The number of carbonyl (C=O) groups is 1. The third kappa shape index (κ3) is 2.23. The fraction of sp³-hybridized carbons (Fsp3) is 0.143. The Kier molecular flexibility index (Phi) is 2.90. The second-order valence-corrected chi connectivity index (χ2v) is 4.53. The number of benzene rings is 1. The molecule has 0 saturated carbocycles. The minimum absolute atomic E-state index is 0.245. The second-order valence-electron chi connectivity index (χ2n) is 4.53. The third-order valence-electron chi connectivity index (χ3n) is 2.91. The molecule has 3 aromatic rings. The average molecular weight is 267 g/mol. The van der Waals surface area contributed by atoms with E-state index in [1.54, 1.807) is 13.0 Å². The molecule has 100 valence electrons. The second kappa shape index (κ2) is 4.73. The van der Waals surface area contributed by atoms with E-state index in [0.29, 0.717) is 11.4 Å². The molecule has 20 heavy (non-hydrogen) atoms. The van der Waals surface area contributed by atoms with Gasteiger partial charge >= 0.3 is 0 Å². The number of pyridine rings is 1. The zero-order chi connectivity index (χ0) is 14.1. The first-order valence-electron chi connectivity index (χ1n) is 6.20. The maximum absolute atomic E-state index is 12.4. The molecular weight excluding hydrogens is 254 g/mol. The van der Waals surface area contributed by atoms with E-state index in [4.69, 9.17) is 0 Å². The number of para-hydroxylation sites is 1.